The van der Waals surface area contributed by atoms with Gasteiger partial charge in [0.15, 0.2) is 0 Å². The lowest BCUT2D eigenvalue weighted by Gasteiger charge is -2.47. The van der Waals surface area contributed by atoms with E-state index in [1.807, 2.05) is 0 Å². The van der Waals surface area contributed by atoms with E-state index in [-0.39, 0.29) is 39.2 Å². The molecule has 0 saturated heterocycles. The van der Waals surface area contributed by atoms with Crippen LogP contribution in [0.1, 0.15) is 159 Å². The van der Waals surface area contributed by atoms with Crippen LogP contribution in [0.5, 0.6) is 0 Å². The van der Waals surface area contributed by atoms with Crippen molar-refractivity contribution >= 4 is 74.3 Å². The topological polar surface area (TPSA) is 9.72 Å². The highest BCUT2D eigenvalue weighted by Crippen LogP contribution is 2.58. The molecule has 0 aromatic heterocycles. The zero-order valence-electron chi connectivity index (χ0n) is 48.0. The molecule has 76 heavy (non-hydrogen) atoms. The predicted octanol–water partition coefficient (Wildman–Crippen LogP) is 17.8. The quantitative estimate of drug-likeness (QED) is 0.159. The zero-order chi connectivity index (χ0) is 53.4. The second-order valence-electron chi connectivity index (χ2n) is 27.7. The highest BCUT2D eigenvalue weighted by atomic mass is 15.2. The number of benzene rings is 8. The van der Waals surface area contributed by atoms with Gasteiger partial charge >= 0.3 is 0 Å². The summed E-state index contributed by atoms with van der Waals surface area (Å²) in [5.41, 5.74) is 30.5. The van der Waals surface area contributed by atoms with E-state index in [0.717, 1.165) is 23.5 Å². The van der Waals surface area contributed by atoms with E-state index in [9.17, 15) is 0 Å². The second kappa shape index (κ2) is 16.1. The Balaban J connectivity index is 1.16. The van der Waals surface area contributed by atoms with Crippen LogP contribution in [-0.2, 0) is 32.5 Å². The molecular formula is C72H76BN3. The standard InChI is InChI=1S/C72H76BN3/c1-44-36-62-66-63(37-44)76(59-41-54-52(38-45(59)2)68(6,7)34-35-69(54,8)9)61-42-55-53(70(10,11)43-71(55,12)13)40-57(61)73(66)56-32-30-48(74(46-24-18-16-19-25-46)47-26-20-17-21-27-47)39-60(56)75(62)58-33-31-50-49-28-22-23-29-51(49)72(14,15)64(50)65(58)67(3,4)5/h16-33,36-42H,34-35,43H2,1-15H3. The first-order chi connectivity index (χ1) is 35.9. The molecular weight excluding hydrogens is 918 g/mol. The van der Waals surface area contributed by atoms with Crippen LogP contribution in [0.3, 0.4) is 0 Å². The minimum absolute atomic E-state index is 0.0160. The van der Waals surface area contributed by atoms with Crippen molar-refractivity contribution in [2.45, 2.75) is 156 Å². The molecule has 5 aliphatic rings. The van der Waals surface area contributed by atoms with Gasteiger partial charge < -0.3 is 14.7 Å². The van der Waals surface area contributed by atoms with E-state index in [1.54, 1.807) is 0 Å². The number of fused-ring (bicyclic) bond motifs is 9. The number of para-hydroxylation sites is 2. The molecule has 0 unspecified atom stereocenters. The third-order valence-electron chi connectivity index (χ3n) is 19.1. The fraction of sp³-hybridized carbons (Fsp3) is 0.333. The average Bonchev–Trinajstić information content (AvgIpc) is 3.84. The van der Waals surface area contributed by atoms with E-state index in [2.05, 4.69) is 270 Å². The molecule has 0 fully saturated rings. The van der Waals surface area contributed by atoms with Gasteiger partial charge in [-0.05, 0) is 205 Å². The summed E-state index contributed by atoms with van der Waals surface area (Å²) in [5, 5.41) is 0. The van der Waals surface area contributed by atoms with Crippen molar-refractivity contribution in [1.29, 1.82) is 0 Å². The molecule has 0 bridgehead atoms. The lowest BCUT2D eigenvalue weighted by atomic mass is 9.33. The van der Waals surface area contributed by atoms with Gasteiger partial charge in [0.05, 0.1) is 5.69 Å². The average molecular weight is 994 g/mol. The molecule has 3 nitrogen and oxygen atoms in total. The van der Waals surface area contributed by atoms with E-state index in [1.165, 1.54) is 125 Å². The van der Waals surface area contributed by atoms with Gasteiger partial charge in [-0.1, -0.05) is 175 Å². The zero-order valence-corrected chi connectivity index (χ0v) is 48.0. The Morgan fingerprint density at radius 1 is 0.434 bits per heavy atom. The molecule has 382 valence electrons. The monoisotopic (exact) mass is 994 g/mol. The van der Waals surface area contributed by atoms with Crippen LogP contribution in [0.2, 0.25) is 0 Å². The summed E-state index contributed by atoms with van der Waals surface area (Å²) >= 11 is 0. The SMILES string of the molecule is Cc1cc2c3c(c1)N(c1ccc4c(c1C(C)(C)C)C(C)(C)c1ccccc1-4)c1cc(N(c4ccccc4)c4ccccc4)ccc1B3c1cc3c(cc1N2c1cc2c(cc1C)C(C)(C)CCC2(C)C)C(C)(C)CC3(C)C. The van der Waals surface area contributed by atoms with E-state index < -0.39 is 0 Å². The number of hydrogen-bond acceptors (Lipinski definition) is 3. The molecule has 8 aromatic carbocycles. The van der Waals surface area contributed by atoms with Crippen molar-refractivity contribution in [3.8, 4) is 11.1 Å². The highest BCUT2D eigenvalue weighted by molar-refractivity contribution is 7.00. The molecule has 0 amide bonds. The lowest BCUT2D eigenvalue weighted by Crippen LogP contribution is -2.61. The van der Waals surface area contributed by atoms with Crippen molar-refractivity contribution in [2.75, 3.05) is 14.7 Å². The molecule has 8 aromatic rings. The van der Waals surface area contributed by atoms with Crippen LogP contribution in [0.15, 0.2) is 152 Å². The van der Waals surface area contributed by atoms with Crippen LogP contribution < -0.4 is 31.1 Å². The fourth-order valence-electron chi connectivity index (χ4n) is 15.6. The maximum Gasteiger partial charge on any atom is 0.252 e. The molecule has 3 aliphatic carbocycles. The van der Waals surface area contributed by atoms with Crippen LogP contribution in [-0.4, -0.2) is 6.71 Å². The maximum absolute atomic E-state index is 2.74. The summed E-state index contributed by atoms with van der Waals surface area (Å²) in [6, 6.07) is 59.0. The smallest absolute Gasteiger partial charge is 0.252 e. The molecule has 0 spiro atoms. The minimum Gasteiger partial charge on any atom is -0.311 e. The molecule has 2 aliphatic heterocycles. The first-order valence-electron chi connectivity index (χ1n) is 28.3. The largest absolute Gasteiger partial charge is 0.311 e. The van der Waals surface area contributed by atoms with Crippen molar-refractivity contribution in [3.63, 3.8) is 0 Å². The Morgan fingerprint density at radius 2 is 0.961 bits per heavy atom. The molecule has 0 radical (unpaired) electrons. The van der Waals surface area contributed by atoms with Gasteiger partial charge in [-0.3, -0.25) is 0 Å². The second-order valence-corrected chi connectivity index (χ2v) is 27.7. The van der Waals surface area contributed by atoms with Crippen molar-refractivity contribution in [3.05, 3.63) is 202 Å². The van der Waals surface area contributed by atoms with Gasteiger partial charge in [-0.15, -0.1) is 0 Å². The van der Waals surface area contributed by atoms with E-state index in [0.29, 0.717) is 0 Å². The summed E-state index contributed by atoms with van der Waals surface area (Å²) in [6.07, 6.45) is 3.47. The first kappa shape index (κ1) is 48.8. The Kier molecular flexibility index (Phi) is 10.4. The summed E-state index contributed by atoms with van der Waals surface area (Å²) < 4.78 is 0. The van der Waals surface area contributed by atoms with Crippen molar-refractivity contribution < 1.29 is 0 Å². The number of aryl methyl sites for hydroxylation is 2. The van der Waals surface area contributed by atoms with E-state index >= 15 is 0 Å². The molecule has 13 rings (SSSR count). The number of nitrogens with zero attached hydrogens (tertiary/aromatic N) is 3. The summed E-state index contributed by atoms with van der Waals surface area (Å²) in [6.45, 7) is 36.8. The van der Waals surface area contributed by atoms with Crippen molar-refractivity contribution in [1.82, 2.24) is 0 Å². The Hall–Kier alpha value is -6.78. The summed E-state index contributed by atoms with van der Waals surface area (Å²) in [5.74, 6) is 0. The minimum atomic E-state index is -0.211. The number of anilines is 9. The van der Waals surface area contributed by atoms with Gasteiger partial charge in [0.2, 0.25) is 0 Å². The summed E-state index contributed by atoms with van der Waals surface area (Å²) in [4.78, 5) is 7.91. The summed E-state index contributed by atoms with van der Waals surface area (Å²) in [7, 11) is 0. The molecule has 4 heteroatoms. The van der Waals surface area contributed by atoms with Gasteiger partial charge in [-0.25, -0.2) is 0 Å². The van der Waals surface area contributed by atoms with Crippen LogP contribution in [0.25, 0.3) is 11.1 Å². The van der Waals surface area contributed by atoms with Crippen LogP contribution in [0, 0.1) is 13.8 Å². The van der Waals surface area contributed by atoms with Crippen molar-refractivity contribution in [2.24, 2.45) is 0 Å². The maximum atomic E-state index is 2.74. The Morgan fingerprint density at radius 3 is 1.58 bits per heavy atom. The lowest BCUT2D eigenvalue weighted by molar-refractivity contribution is 0.332. The molecule has 0 saturated carbocycles. The predicted molar refractivity (Wildman–Crippen MR) is 327 cm³/mol. The molecule has 0 N–H and O–H groups in total. The van der Waals surface area contributed by atoms with Gasteiger partial charge in [-0.2, -0.15) is 0 Å². The fourth-order valence-corrected chi connectivity index (χ4v) is 15.6. The van der Waals surface area contributed by atoms with Crippen LogP contribution in [0.4, 0.5) is 51.2 Å². The Bertz CT molecular complexity index is 3690. The Labute approximate surface area is 455 Å². The van der Waals surface area contributed by atoms with Gasteiger partial charge in [0.25, 0.3) is 6.71 Å². The number of rotatable bonds is 5. The van der Waals surface area contributed by atoms with Crippen LogP contribution >= 0.6 is 0 Å². The molecule has 0 atom stereocenters. The highest BCUT2D eigenvalue weighted by Gasteiger charge is 2.50. The van der Waals surface area contributed by atoms with Gasteiger partial charge in [0, 0.05) is 50.9 Å². The first-order valence-corrected chi connectivity index (χ1v) is 28.3. The third kappa shape index (κ3) is 7.00. The van der Waals surface area contributed by atoms with E-state index in [4.69, 9.17) is 0 Å². The van der Waals surface area contributed by atoms with Gasteiger partial charge in [0.1, 0.15) is 0 Å². The normalized spacial score (nSPS) is 18.2. The number of hydrogen-bond donors (Lipinski definition) is 0. The molecule has 2 heterocycles. The third-order valence-corrected chi connectivity index (χ3v) is 19.1.